The maximum absolute atomic E-state index is 13.0. The van der Waals surface area contributed by atoms with Crippen LogP contribution in [0.2, 0.25) is 5.02 Å². The Balaban J connectivity index is 2.33. The van der Waals surface area contributed by atoms with Crippen molar-refractivity contribution in [3.63, 3.8) is 0 Å². The number of halogens is 4. The van der Waals surface area contributed by atoms with Crippen molar-refractivity contribution in [3.05, 3.63) is 46.2 Å². The van der Waals surface area contributed by atoms with Gasteiger partial charge in [0.2, 0.25) is 0 Å². The van der Waals surface area contributed by atoms with Gasteiger partial charge in [-0.2, -0.15) is 18.3 Å². The summed E-state index contributed by atoms with van der Waals surface area (Å²) in [5.74, 6) is 0. The van der Waals surface area contributed by atoms with Gasteiger partial charge in [0.1, 0.15) is 0 Å². The van der Waals surface area contributed by atoms with Gasteiger partial charge in [-0.05, 0) is 32.0 Å². The van der Waals surface area contributed by atoms with Crippen LogP contribution in [0.1, 0.15) is 29.8 Å². The third-order valence-corrected chi connectivity index (χ3v) is 3.41. The zero-order chi connectivity index (χ0) is 15.8. The molecule has 0 saturated heterocycles. The molecule has 3 nitrogen and oxygen atoms in total. The molecule has 0 aliphatic heterocycles. The molecule has 7 heteroatoms. The number of rotatable bonds is 3. The second-order valence-electron chi connectivity index (χ2n) is 4.90. The fourth-order valence-electron chi connectivity index (χ4n) is 2.23. The standard InChI is InChI=1S/C14H15ClF3N3/c1-8(11-7-21(3)20-9(11)2)19-13-5-4-10(15)6-12(13)14(16,17)18/h4-8,19H,1-3H3. The van der Waals surface area contributed by atoms with Gasteiger partial charge in [-0.25, -0.2) is 0 Å². The molecule has 1 heterocycles. The lowest BCUT2D eigenvalue weighted by atomic mass is 10.1. The van der Waals surface area contributed by atoms with E-state index in [0.29, 0.717) is 0 Å². The van der Waals surface area contributed by atoms with Gasteiger partial charge in [0.15, 0.2) is 0 Å². The first-order valence-electron chi connectivity index (χ1n) is 6.32. The number of nitrogens with one attached hydrogen (secondary N) is 1. The predicted octanol–water partition coefficient (Wildman–Crippen LogP) is 4.57. The molecule has 1 N–H and O–H groups in total. The molecule has 1 unspecified atom stereocenters. The number of alkyl halides is 3. The molecule has 0 bridgehead atoms. The molecule has 114 valence electrons. The van der Waals surface area contributed by atoms with Crippen molar-refractivity contribution in [1.29, 1.82) is 0 Å². The molecule has 0 amide bonds. The smallest absolute Gasteiger partial charge is 0.378 e. The van der Waals surface area contributed by atoms with Crippen LogP contribution in [-0.2, 0) is 13.2 Å². The molecule has 0 spiro atoms. The molecule has 0 aliphatic carbocycles. The average molecular weight is 318 g/mol. The van der Waals surface area contributed by atoms with Crippen molar-refractivity contribution >= 4 is 17.3 Å². The highest BCUT2D eigenvalue weighted by Crippen LogP contribution is 2.37. The van der Waals surface area contributed by atoms with E-state index in [0.717, 1.165) is 17.3 Å². The van der Waals surface area contributed by atoms with Gasteiger partial charge < -0.3 is 5.32 Å². The summed E-state index contributed by atoms with van der Waals surface area (Å²) in [5, 5.41) is 7.13. The second-order valence-corrected chi connectivity index (χ2v) is 5.33. The van der Waals surface area contributed by atoms with Gasteiger partial charge in [0, 0.05) is 29.5 Å². The van der Waals surface area contributed by atoms with Crippen molar-refractivity contribution < 1.29 is 13.2 Å². The van der Waals surface area contributed by atoms with E-state index in [2.05, 4.69) is 10.4 Å². The van der Waals surface area contributed by atoms with Crippen molar-refractivity contribution in [3.8, 4) is 0 Å². The van der Waals surface area contributed by atoms with Gasteiger partial charge >= 0.3 is 6.18 Å². The lowest BCUT2D eigenvalue weighted by molar-refractivity contribution is -0.137. The Bertz CT molecular complexity index is 649. The minimum Gasteiger partial charge on any atom is -0.378 e. The van der Waals surface area contributed by atoms with E-state index in [-0.39, 0.29) is 16.8 Å². The molecule has 21 heavy (non-hydrogen) atoms. The third-order valence-electron chi connectivity index (χ3n) is 3.18. The van der Waals surface area contributed by atoms with Crippen molar-refractivity contribution in [2.75, 3.05) is 5.32 Å². The topological polar surface area (TPSA) is 29.9 Å². The summed E-state index contributed by atoms with van der Waals surface area (Å²) in [5.41, 5.74) is 0.853. The molecule has 0 aliphatic rings. The number of hydrogen-bond acceptors (Lipinski definition) is 2. The van der Waals surface area contributed by atoms with Crippen LogP contribution in [0.4, 0.5) is 18.9 Å². The molecule has 0 fully saturated rings. The lowest BCUT2D eigenvalue weighted by Gasteiger charge is -2.19. The highest BCUT2D eigenvalue weighted by Gasteiger charge is 2.34. The van der Waals surface area contributed by atoms with E-state index in [1.165, 1.54) is 12.1 Å². The zero-order valence-corrected chi connectivity index (χ0v) is 12.5. The van der Waals surface area contributed by atoms with E-state index in [1.54, 1.807) is 24.9 Å². The molecular formula is C14H15ClF3N3. The van der Waals surface area contributed by atoms with Crippen LogP contribution < -0.4 is 5.32 Å². The fourth-order valence-corrected chi connectivity index (χ4v) is 2.40. The summed E-state index contributed by atoms with van der Waals surface area (Å²) in [6.45, 7) is 3.61. The van der Waals surface area contributed by atoms with Crippen molar-refractivity contribution in [2.45, 2.75) is 26.1 Å². The Morgan fingerprint density at radius 1 is 1.33 bits per heavy atom. The largest absolute Gasteiger partial charge is 0.418 e. The first kappa shape index (κ1) is 15.7. The SMILES string of the molecule is Cc1nn(C)cc1C(C)Nc1ccc(Cl)cc1C(F)(F)F. The number of aryl methyl sites for hydroxylation is 2. The predicted molar refractivity (Wildman–Crippen MR) is 76.4 cm³/mol. The molecule has 0 saturated carbocycles. The maximum Gasteiger partial charge on any atom is 0.418 e. The minimum absolute atomic E-state index is 0.00246. The van der Waals surface area contributed by atoms with Crippen LogP contribution in [0.15, 0.2) is 24.4 Å². The zero-order valence-electron chi connectivity index (χ0n) is 11.8. The summed E-state index contributed by atoms with van der Waals surface area (Å²) in [6.07, 6.45) is -2.67. The molecule has 1 aromatic heterocycles. The first-order valence-corrected chi connectivity index (χ1v) is 6.69. The number of aromatic nitrogens is 2. The highest BCUT2D eigenvalue weighted by molar-refractivity contribution is 6.30. The van der Waals surface area contributed by atoms with E-state index >= 15 is 0 Å². The fraction of sp³-hybridized carbons (Fsp3) is 0.357. The van der Waals surface area contributed by atoms with E-state index in [9.17, 15) is 13.2 Å². The minimum atomic E-state index is -4.46. The van der Waals surface area contributed by atoms with E-state index in [4.69, 9.17) is 11.6 Å². The molecule has 2 rings (SSSR count). The molecule has 0 radical (unpaired) electrons. The summed E-state index contributed by atoms with van der Waals surface area (Å²) in [4.78, 5) is 0. The Morgan fingerprint density at radius 2 is 2.00 bits per heavy atom. The van der Waals surface area contributed by atoms with E-state index in [1.807, 2.05) is 6.92 Å². The van der Waals surface area contributed by atoms with Gasteiger partial charge in [-0.3, -0.25) is 4.68 Å². The summed E-state index contributed by atoms with van der Waals surface area (Å²) in [7, 11) is 1.77. The van der Waals surface area contributed by atoms with Crippen molar-refractivity contribution in [1.82, 2.24) is 9.78 Å². The maximum atomic E-state index is 13.0. The van der Waals surface area contributed by atoms with Crippen LogP contribution in [0, 0.1) is 6.92 Å². The van der Waals surface area contributed by atoms with Gasteiger partial charge in [-0.1, -0.05) is 11.6 Å². The number of nitrogens with zero attached hydrogens (tertiary/aromatic N) is 2. The molecule has 1 atom stereocenters. The van der Waals surface area contributed by atoms with Crippen LogP contribution in [-0.4, -0.2) is 9.78 Å². The lowest BCUT2D eigenvalue weighted by Crippen LogP contribution is -2.13. The quantitative estimate of drug-likeness (QED) is 0.898. The molecule has 2 aromatic rings. The van der Waals surface area contributed by atoms with Gasteiger partial charge in [0.25, 0.3) is 0 Å². The van der Waals surface area contributed by atoms with Crippen LogP contribution in [0.5, 0.6) is 0 Å². The first-order chi connectivity index (χ1) is 9.68. The summed E-state index contributed by atoms with van der Waals surface area (Å²) in [6, 6.07) is 3.39. The number of benzene rings is 1. The molecule has 1 aromatic carbocycles. The van der Waals surface area contributed by atoms with Gasteiger partial charge in [-0.15, -0.1) is 0 Å². The monoisotopic (exact) mass is 317 g/mol. The van der Waals surface area contributed by atoms with Crippen LogP contribution in [0.25, 0.3) is 0 Å². The second kappa shape index (κ2) is 5.60. The normalized spacial score (nSPS) is 13.3. The third kappa shape index (κ3) is 3.50. The summed E-state index contributed by atoms with van der Waals surface area (Å²) < 4.78 is 40.8. The van der Waals surface area contributed by atoms with Gasteiger partial charge in [0.05, 0.1) is 17.3 Å². The number of hydrogen-bond donors (Lipinski definition) is 1. The average Bonchev–Trinajstić information content (AvgIpc) is 2.69. The van der Waals surface area contributed by atoms with E-state index < -0.39 is 11.7 Å². The Hall–Kier alpha value is -1.69. The van der Waals surface area contributed by atoms with Crippen molar-refractivity contribution in [2.24, 2.45) is 7.05 Å². The highest BCUT2D eigenvalue weighted by atomic mass is 35.5. The Labute approximate surface area is 125 Å². The number of anilines is 1. The Kier molecular flexibility index (Phi) is 4.18. The molecular weight excluding hydrogens is 303 g/mol. The summed E-state index contributed by atoms with van der Waals surface area (Å²) >= 11 is 5.66. The van der Waals surface area contributed by atoms with Crippen LogP contribution in [0.3, 0.4) is 0 Å². The van der Waals surface area contributed by atoms with Crippen LogP contribution >= 0.6 is 11.6 Å². The Morgan fingerprint density at radius 3 is 2.52 bits per heavy atom.